The highest BCUT2D eigenvalue weighted by Crippen LogP contribution is 2.23. The average molecular weight is 233 g/mol. The molecule has 0 bridgehead atoms. The second kappa shape index (κ2) is 6.18. The van der Waals surface area contributed by atoms with Gasteiger partial charge in [0.15, 0.2) is 0 Å². The summed E-state index contributed by atoms with van der Waals surface area (Å²) in [5.41, 5.74) is 1.33. The monoisotopic (exact) mass is 233 g/mol. The minimum Gasteiger partial charge on any atom is -0.392 e. The van der Waals surface area contributed by atoms with Crippen LogP contribution in [0, 0.1) is 0 Å². The highest BCUT2D eigenvalue weighted by molar-refractivity contribution is 5.19. The summed E-state index contributed by atoms with van der Waals surface area (Å²) in [5, 5.41) is 13.6. The molecule has 1 saturated carbocycles. The molecular weight excluding hydrogens is 210 g/mol. The second-order valence-electron chi connectivity index (χ2n) is 5.00. The molecule has 0 heterocycles. The summed E-state index contributed by atoms with van der Waals surface area (Å²) in [6, 6.07) is 11.2. The molecule has 2 N–H and O–H groups in total. The molecule has 1 aromatic rings. The number of aliphatic hydroxyl groups excluding tert-OH is 1. The Morgan fingerprint density at radius 2 is 1.94 bits per heavy atom. The number of nitrogens with one attached hydrogen (secondary N) is 1. The number of benzene rings is 1. The lowest BCUT2D eigenvalue weighted by atomic mass is 9.91. The number of rotatable bonds is 4. The van der Waals surface area contributed by atoms with Gasteiger partial charge in [0.2, 0.25) is 0 Å². The van der Waals surface area contributed by atoms with Crippen LogP contribution in [0.4, 0.5) is 0 Å². The maximum absolute atomic E-state index is 10.00. The van der Waals surface area contributed by atoms with E-state index in [1.54, 1.807) is 0 Å². The third kappa shape index (κ3) is 3.30. The van der Waals surface area contributed by atoms with Crippen molar-refractivity contribution in [1.82, 2.24) is 5.32 Å². The molecule has 2 rings (SSSR count). The van der Waals surface area contributed by atoms with Gasteiger partial charge in [-0.2, -0.15) is 0 Å². The third-order valence-electron chi connectivity index (χ3n) is 3.75. The van der Waals surface area contributed by atoms with Gasteiger partial charge in [0.25, 0.3) is 0 Å². The van der Waals surface area contributed by atoms with E-state index in [4.69, 9.17) is 0 Å². The molecule has 0 saturated heterocycles. The largest absolute Gasteiger partial charge is 0.392 e. The minimum atomic E-state index is -0.165. The predicted molar refractivity (Wildman–Crippen MR) is 70.9 cm³/mol. The molecule has 0 radical (unpaired) electrons. The van der Waals surface area contributed by atoms with Gasteiger partial charge in [0, 0.05) is 12.1 Å². The molecule has 0 amide bonds. The van der Waals surface area contributed by atoms with E-state index in [1.807, 2.05) is 6.07 Å². The molecule has 94 valence electrons. The zero-order chi connectivity index (χ0) is 12.1. The Balaban J connectivity index is 1.99. The van der Waals surface area contributed by atoms with Crippen molar-refractivity contribution in [3.05, 3.63) is 35.9 Å². The van der Waals surface area contributed by atoms with E-state index in [0.717, 1.165) is 19.3 Å². The smallest absolute Gasteiger partial charge is 0.0693 e. The highest BCUT2D eigenvalue weighted by Gasteiger charge is 2.25. The van der Waals surface area contributed by atoms with E-state index < -0.39 is 0 Å². The Morgan fingerprint density at radius 3 is 2.59 bits per heavy atom. The fraction of sp³-hybridized carbons (Fsp3) is 0.600. The van der Waals surface area contributed by atoms with Crippen LogP contribution in [0.3, 0.4) is 0 Å². The van der Waals surface area contributed by atoms with Gasteiger partial charge in [-0.05, 0) is 24.8 Å². The molecule has 1 aliphatic carbocycles. The molecule has 3 atom stereocenters. The number of aliphatic hydroxyl groups is 1. The first-order valence-electron chi connectivity index (χ1n) is 6.80. The minimum absolute atomic E-state index is 0.165. The van der Waals surface area contributed by atoms with Crippen molar-refractivity contribution in [2.24, 2.45) is 0 Å². The first-order valence-corrected chi connectivity index (χ1v) is 6.80. The fourth-order valence-electron chi connectivity index (χ4n) is 2.70. The van der Waals surface area contributed by atoms with Crippen LogP contribution in [0.15, 0.2) is 30.3 Å². The van der Waals surface area contributed by atoms with Crippen molar-refractivity contribution in [2.75, 3.05) is 0 Å². The van der Waals surface area contributed by atoms with Crippen LogP contribution in [0.2, 0.25) is 0 Å². The lowest BCUT2D eigenvalue weighted by molar-refractivity contribution is 0.0844. The van der Waals surface area contributed by atoms with Crippen molar-refractivity contribution < 1.29 is 5.11 Å². The first-order chi connectivity index (χ1) is 8.31. The summed E-state index contributed by atoms with van der Waals surface area (Å²) < 4.78 is 0. The van der Waals surface area contributed by atoms with Crippen molar-refractivity contribution in [3.63, 3.8) is 0 Å². The Bertz CT molecular complexity index is 325. The maximum Gasteiger partial charge on any atom is 0.0693 e. The number of hydrogen-bond acceptors (Lipinski definition) is 2. The summed E-state index contributed by atoms with van der Waals surface area (Å²) in [6.45, 7) is 2.19. The quantitative estimate of drug-likeness (QED) is 0.838. The van der Waals surface area contributed by atoms with Crippen LogP contribution in [0.5, 0.6) is 0 Å². The summed E-state index contributed by atoms with van der Waals surface area (Å²) in [6.07, 6.45) is 5.35. The SMILES string of the molecule is CCC(N[C@H]1CCCC[C@@H]1O)c1ccccc1. The van der Waals surface area contributed by atoms with Crippen LogP contribution in [-0.4, -0.2) is 17.3 Å². The van der Waals surface area contributed by atoms with Crippen LogP contribution >= 0.6 is 0 Å². The molecule has 1 unspecified atom stereocenters. The predicted octanol–water partition coefficient (Wildman–Crippen LogP) is 3.03. The lowest BCUT2D eigenvalue weighted by Gasteiger charge is -2.32. The van der Waals surface area contributed by atoms with E-state index in [-0.39, 0.29) is 12.1 Å². The Hall–Kier alpha value is -0.860. The summed E-state index contributed by atoms with van der Waals surface area (Å²) >= 11 is 0. The summed E-state index contributed by atoms with van der Waals surface area (Å²) in [7, 11) is 0. The van der Waals surface area contributed by atoms with Crippen LogP contribution in [0.25, 0.3) is 0 Å². The maximum atomic E-state index is 10.00. The van der Waals surface area contributed by atoms with E-state index >= 15 is 0 Å². The van der Waals surface area contributed by atoms with Gasteiger partial charge in [-0.1, -0.05) is 50.1 Å². The van der Waals surface area contributed by atoms with Crippen LogP contribution in [0.1, 0.15) is 50.6 Å². The van der Waals surface area contributed by atoms with Gasteiger partial charge in [-0.3, -0.25) is 0 Å². The molecule has 2 heteroatoms. The van der Waals surface area contributed by atoms with Crippen molar-refractivity contribution in [2.45, 2.75) is 57.2 Å². The molecule has 0 spiro atoms. The van der Waals surface area contributed by atoms with Crippen molar-refractivity contribution >= 4 is 0 Å². The highest BCUT2D eigenvalue weighted by atomic mass is 16.3. The third-order valence-corrected chi connectivity index (χ3v) is 3.75. The Labute approximate surface area is 104 Å². The van der Waals surface area contributed by atoms with Gasteiger partial charge in [-0.25, -0.2) is 0 Å². The zero-order valence-corrected chi connectivity index (χ0v) is 10.6. The van der Waals surface area contributed by atoms with E-state index in [1.165, 1.54) is 18.4 Å². The topological polar surface area (TPSA) is 32.3 Å². The fourth-order valence-corrected chi connectivity index (χ4v) is 2.70. The number of hydrogen-bond donors (Lipinski definition) is 2. The van der Waals surface area contributed by atoms with E-state index in [2.05, 4.69) is 36.5 Å². The van der Waals surface area contributed by atoms with Gasteiger partial charge >= 0.3 is 0 Å². The zero-order valence-electron chi connectivity index (χ0n) is 10.6. The van der Waals surface area contributed by atoms with Gasteiger partial charge in [0.05, 0.1) is 6.10 Å². The van der Waals surface area contributed by atoms with Gasteiger partial charge < -0.3 is 10.4 Å². The standard InChI is InChI=1S/C15H23NO/c1-2-13(12-8-4-3-5-9-12)16-14-10-6-7-11-15(14)17/h3-5,8-9,13-17H,2,6-7,10-11H2,1H3/t13?,14-,15-/m0/s1. The van der Waals surface area contributed by atoms with Gasteiger partial charge in [0.1, 0.15) is 0 Å². The van der Waals surface area contributed by atoms with Crippen molar-refractivity contribution in [1.29, 1.82) is 0 Å². The van der Waals surface area contributed by atoms with E-state index in [9.17, 15) is 5.11 Å². The lowest BCUT2D eigenvalue weighted by Crippen LogP contribution is -2.43. The molecule has 1 aliphatic rings. The van der Waals surface area contributed by atoms with Crippen LogP contribution in [-0.2, 0) is 0 Å². The summed E-state index contributed by atoms with van der Waals surface area (Å²) in [4.78, 5) is 0. The normalized spacial score (nSPS) is 26.7. The first kappa shape index (κ1) is 12.6. The molecule has 1 aromatic carbocycles. The van der Waals surface area contributed by atoms with Crippen LogP contribution < -0.4 is 5.32 Å². The Morgan fingerprint density at radius 1 is 1.24 bits per heavy atom. The molecule has 17 heavy (non-hydrogen) atoms. The Kier molecular flexibility index (Phi) is 4.57. The molecular formula is C15H23NO. The van der Waals surface area contributed by atoms with Gasteiger partial charge in [-0.15, -0.1) is 0 Å². The van der Waals surface area contributed by atoms with Crippen molar-refractivity contribution in [3.8, 4) is 0 Å². The molecule has 0 aromatic heterocycles. The second-order valence-corrected chi connectivity index (χ2v) is 5.00. The molecule has 1 fully saturated rings. The van der Waals surface area contributed by atoms with E-state index in [0.29, 0.717) is 6.04 Å². The molecule has 2 nitrogen and oxygen atoms in total. The summed E-state index contributed by atoms with van der Waals surface area (Å²) in [5.74, 6) is 0. The average Bonchev–Trinajstić information content (AvgIpc) is 2.39. The molecule has 0 aliphatic heterocycles.